The van der Waals surface area contributed by atoms with Gasteiger partial charge in [0.05, 0.1) is 12.7 Å². The molecular formula is C16H24O5. The van der Waals surface area contributed by atoms with E-state index in [1.165, 1.54) is 12.5 Å². The summed E-state index contributed by atoms with van der Waals surface area (Å²) in [5, 5.41) is 0. The number of carbonyl (C=O) groups excluding carboxylic acids is 1. The third kappa shape index (κ3) is 2.87. The Kier molecular flexibility index (Phi) is 3.62. The Morgan fingerprint density at radius 2 is 2.10 bits per heavy atom. The molecule has 0 aromatic rings. The highest BCUT2D eigenvalue weighted by Crippen LogP contribution is 2.54. The fraction of sp³-hybridized carbons (Fsp3) is 0.812. The van der Waals surface area contributed by atoms with Crippen LogP contribution in [0, 0.1) is 0 Å². The quantitative estimate of drug-likeness (QED) is 0.453. The highest BCUT2D eigenvalue weighted by Gasteiger charge is 2.70. The molecule has 5 nitrogen and oxygen atoms in total. The molecule has 0 radical (unpaired) electrons. The van der Waals surface area contributed by atoms with E-state index in [0.717, 1.165) is 12.8 Å². The second-order valence-electron chi connectivity index (χ2n) is 6.75. The molecule has 0 unspecified atom stereocenters. The largest absolute Gasteiger partial charge is 0.436 e. The summed E-state index contributed by atoms with van der Waals surface area (Å²) in [5.74, 6) is -0.311. The molecule has 0 aliphatic carbocycles. The lowest BCUT2D eigenvalue weighted by Gasteiger charge is -2.36. The van der Waals surface area contributed by atoms with Gasteiger partial charge in [0.15, 0.2) is 0 Å². The van der Waals surface area contributed by atoms with Gasteiger partial charge in [-0.15, -0.1) is 0 Å². The third-order valence-corrected chi connectivity index (χ3v) is 4.62. The summed E-state index contributed by atoms with van der Waals surface area (Å²) >= 11 is 0. The molecule has 1 spiro atoms. The lowest BCUT2D eigenvalue weighted by atomic mass is 9.84. The molecule has 0 aromatic heterocycles. The van der Waals surface area contributed by atoms with Gasteiger partial charge in [0, 0.05) is 13.3 Å². The van der Waals surface area contributed by atoms with Crippen molar-refractivity contribution in [1.29, 1.82) is 0 Å². The van der Waals surface area contributed by atoms with E-state index in [-0.39, 0.29) is 29.4 Å². The van der Waals surface area contributed by atoms with Crippen molar-refractivity contribution in [3.8, 4) is 0 Å². The predicted octanol–water partition coefficient (Wildman–Crippen LogP) is 2.34. The minimum atomic E-state index is -0.479. The molecule has 3 rings (SSSR count). The van der Waals surface area contributed by atoms with E-state index in [0.29, 0.717) is 13.0 Å². The second kappa shape index (κ2) is 5.07. The lowest BCUT2D eigenvalue weighted by molar-refractivity contribution is -0.224. The molecule has 0 bridgehead atoms. The van der Waals surface area contributed by atoms with Crippen LogP contribution in [0.4, 0.5) is 0 Å². The van der Waals surface area contributed by atoms with Gasteiger partial charge in [-0.1, -0.05) is 11.6 Å². The Labute approximate surface area is 125 Å². The predicted molar refractivity (Wildman–Crippen MR) is 75.7 cm³/mol. The standard InChI is InChI=1S/C16H24O5/c1-10(2)5-6-12-15(4,21-12)14-16(9-18-16)8-7-13(20-14)19-11(3)17/h5,12-14H,6-9H2,1-4H3/t12-,13+,14-,15-,16+/m1/s1. The molecule has 3 aliphatic rings. The highest BCUT2D eigenvalue weighted by molar-refractivity contribution is 5.66. The summed E-state index contributed by atoms with van der Waals surface area (Å²) in [6, 6.07) is 0. The van der Waals surface area contributed by atoms with Crippen LogP contribution in [0.2, 0.25) is 0 Å². The molecule has 3 saturated heterocycles. The topological polar surface area (TPSA) is 60.6 Å². The molecule has 0 saturated carbocycles. The van der Waals surface area contributed by atoms with Crippen LogP contribution < -0.4 is 0 Å². The van der Waals surface area contributed by atoms with E-state index in [1.54, 1.807) is 0 Å². The van der Waals surface area contributed by atoms with Crippen molar-refractivity contribution in [3.63, 3.8) is 0 Å². The van der Waals surface area contributed by atoms with Crippen molar-refractivity contribution >= 4 is 5.97 Å². The van der Waals surface area contributed by atoms with Crippen molar-refractivity contribution in [1.82, 2.24) is 0 Å². The molecule has 0 N–H and O–H groups in total. The van der Waals surface area contributed by atoms with E-state index < -0.39 is 6.29 Å². The van der Waals surface area contributed by atoms with Crippen LogP contribution in [0.15, 0.2) is 11.6 Å². The van der Waals surface area contributed by atoms with E-state index >= 15 is 0 Å². The average molecular weight is 296 g/mol. The maximum Gasteiger partial charge on any atom is 0.304 e. The maximum atomic E-state index is 11.1. The van der Waals surface area contributed by atoms with E-state index in [1.807, 2.05) is 0 Å². The number of esters is 1. The molecule has 0 amide bonds. The fourth-order valence-corrected chi connectivity index (χ4v) is 3.28. The normalized spacial score (nSPS) is 44.3. The summed E-state index contributed by atoms with van der Waals surface area (Å²) in [7, 11) is 0. The monoisotopic (exact) mass is 296 g/mol. The van der Waals surface area contributed by atoms with Crippen LogP contribution in [0.5, 0.6) is 0 Å². The Morgan fingerprint density at radius 3 is 2.67 bits per heavy atom. The molecule has 118 valence electrons. The second-order valence-corrected chi connectivity index (χ2v) is 6.75. The van der Waals surface area contributed by atoms with Crippen LogP contribution >= 0.6 is 0 Å². The molecule has 5 heteroatoms. The van der Waals surface area contributed by atoms with Gasteiger partial charge in [-0.2, -0.15) is 0 Å². The van der Waals surface area contributed by atoms with Crippen LogP contribution in [0.1, 0.15) is 47.0 Å². The first-order chi connectivity index (χ1) is 9.86. The number of epoxide rings is 2. The van der Waals surface area contributed by atoms with E-state index in [4.69, 9.17) is 18.9 Å². The number of rotatable bonds is 4. The Morgan fingerprint density at radius 1 is 1.38 bits per heavy atom. The van der Waals surface area contributed by atoms with E-state index in [2.05, 4.69) is 26.8 Å². The van der Waals surface area contributed by atoms with Crippen molar-refractivity contribution in [2.45, 2.75) is 76.7 Å². The number of ether oxygens (including phenoxy) is 4. The number of hydrogen-bond acceptors (Lipinski definition) is 5. The smallest absolute Gasteiger partial charge is 0.304 e. The number of hydrogen-bond donors (Lipinski definition) is 0. The van der Waals surface area contributed by atoms with Gasteiger partial charge in [0.2, 0.25) is 6.29 Å². The Hall–Kier alpha value is -0.910. The van der Waals surface area contributed by atoms with Gasteiger partial charge in [-0.3, -0.25) is 4.79 Å². The summed E-state index contributed by atoms with van der Waals surface area (Å²) < 4.78 is 22.9. The number of allylic oxidation sites excluding steroid dienone is 1. The first-order valence-corrected chi connectivity index (χ1v) is 7.63. The van der Waals surface area contributed by atoms with Gasteiger partial charge in [0.25, 0.3) is 0 Å². The lowest BCUT2D eigenvalue weighted by Crippen LogP contribution is -2.51. The van der Waals surface area contributed by atoms with Crippen molar-refractivity contribution in [2.24, 2.45) is 0 Å². The van der Waals surface area contributed by atoms with Gasteiger partial charge in [-0.25, -0.2) is 0 Å². The molecule has 3 heterocycles. The summed E-state index contributed by atoms with van der Waals surface area (Å²) in [6.07, 6.45) is 4.10. The van der Waals surface area contributed by atoms with E-state index in [9.17, 15) is 4.79 Å². The summed E-state index contributed by atoms with van der Waals surface area (Å²) in [5.41, 5.74) is 0.708. The minimum absolute atomic E-state index is 0.148. The zero-order chi connectivity index (χ0) is 15.3. The van der Waals surface area contributed by atoms with Crippen molar-refractivity contribution in [2.75, 3.05) is 6.61 Å². The van der Waals surface area contributed by atoms with Crippen molar-refractivity contribution in [3.05, 3.63) is 11.6 Å². The molecule has 5 atom stereocenters. The Bertz CT molecular complexity index is 463. The van der Waals surface area contributed by atoms with Gasteiger partial charge >= 0.3 is 5.97 Å². The first-order valence-electron chi connectivity index (χ1n) is 7.63. The molecular weight excluding hydrogens is 272 g/mol. The van der Waals surface area contributed by atoms with Crippen LogP contribution in [-0.4, -0.2) is 42.3 Å². The van der Waals surface area contributed by atoms with Crippen LogP contribution in [-0.2, 0) is 23.7 Å². The maximum absolute atomic E-state index is 11.1. The van der Waals surface area contributed by atoms with Gasteiger partial charge in [0.1, 0.15) is 17.3 Å². The SMILES string of the molecule is CC(=O)O[C@@H]1CC[C@]2(CO2)[C@@H]([C@]2(C)O[C@@H]2CC=C(C)C)O1. The van der Waals surface area contributed by atoms with Gasteiger partial charge < -0.3 is 18.9 Å². The molecule has 3 aliphatic heterocycles. The summed E-state index contributed by atoms with van der Waals surface area (Å²) in [6.45, 7) is 8.35. The Balaban J connectivity index is 1.67. The first kappa shape index (κ1) is 15.0. The minimum Gasteiger partial charge on any atom is -0.436 e. The van der Waals surface area contributed by atoms with Crippen LogP contribution in [0.3, 0.4) is 0 Å². The average Bonchev–Trinajstić information content (AvgIpc) is 3.28. The number of carbonyl (C=O) groups is 1. The molecule has 21 heavy (non-hydrogen) atoms. The molecule has 0 aromatic carbocycles. The third-order valence-electron chi connectivity index (χ3n) is 4.62. The fourth-order valence-electron chi connectivity index (χ4n) is 3.28. The van der Waals surface area contributed by atoms with Gasteiger partial charge in [-0.05, 0) is 33.6 Å². The van der Waals surface area contributed by atoms with Crippen molar-refractivity contribution < 1.29 is 23.7 Å². The zero-order valence-electron chi connectivity index (χ0n) is 13.2. The van der Waals surface area contributed by atoms with Crippen LogP contribution in [0.25, 0.3) is 0 Å². The zero-order valence-corrected chi connectivity index (χ0v) is 13.2. The summed E-state index contributed by atoms with van der Waals surface area (Å²) in [4.78, 5) is 11.1. The molecule has 3 fully saturated rings. The highest BCUT2D eigenvalue weighted by atomic mass is 16.7.